The molecule has 0 bridgehead atoms. The molecule has 2 aliphatic carbocycles. The van der Waals surface area contributed by atoms with Crippen molar-refractivity contribution in [1.82, 2.24) is 0 Å². The molecule has 0 aromatic heterocycles. The van der Waals surface area contributed by atoms with Gasteiger partial charge in [-0.1, -0.05) is 18.2 Å². The van der Waals surface area contributed by atoms with Crippen molar-refractivity contribution in [3.05, 3.63) is 47.9 Å². The Kier molecular flexibility index (Phi) is 4.01. The van der Waals surface area contributed by atoms with Crippen LogP contribution in [0.1, 0.15) is 12.8 Å². The highest BCUT2D eigenvalue weighted by atomic mass is 16.7. The monoisotopic (exact) mass is 234 g/mol. The Hall–Kier alpha value is -1.52. The number of nitrogens with two attached hydrogens (primary N) is 2. The molecule has 92 valence electrons. The summed E-state index contributed by atoms with van der Waals surface area (Å²) in [5, 5.41) is 0. The lowest BCUT2D eigenvalue weighted by Crippen LogP contribution is -2.19. The van der Waals surface area contributed by atoms with E-state index in [4.69, 9.17) is 20.9 Å². The van der Waals surface area contributed by atoms with E-state index < -0.39 is 0 Å². The van der Waals surface area contributed by atoms with Crippen molar-refractivity contribution < 1.29 is 9.47 Å². The number of ether oxygens (including phenoxy) is 2. The molecule has 0 fully saturated rings. The van der Waals surface area contributed by atoms with Crippen LogP contribution in [0.5, 0.6) is 0 Å². The minimum Gasteiger partial charge on any atom is -0.468 e. The van der Waals surface area contributed by atoms with Gasteiger partial charge in [-0.3, -0.25) is 0 Å². The molecule has 2 rings (SSSR count). The van der Waals surface area contributed by atoms with Crippen molar-refractivity contribution in [2.24, 2.45) is 11.5 Å². The smallest absolute Gasteiger partial charge is 0.189 e. The summed E-state index contributed by atoms with van der Waals surface area (Å²) in [6.45, 7) is 0.244. The van der Waals surface area contributed by atoms with E-state index in [1.807, 2.05) is 36.5 Å². The zero-order valence-corrected chi connectivity index (χ0v) is 9.71. The third kappa shape index (κ3) is 3.76. The minimum atomic E-state index is 0.0535. The highest BCUT2D eigenvalue weighted by molar-refractivity contribution is 5.21. The largest absolute Gasteiger partial charge is 0.468 e. The first-order valence-corrected chi connectivity index (χ1v) is 5.76. The Balaban J connectivity index is 1.67. The Morgan fingerprint density at radius 1 is 1.18 bits per heavy atom. The van der Waals surface area contributed by atoms with Gasteiger partial charge >= 0.3 is 0 Å². The van der Waals surface area contributed by atoms with E-state index in [2.05, 4.69) is 0 Å². The molecule has 2 unspecified atom stereocenters. The molecule has 0 spiro atoms. The summed E-state index contributed by atoms with van der Waals surface area (Å²) in [7, 11) is 0. The van der Waals surface area contributed by atoms with Crippen LogP contribution in [0.2, 0.25) is 0 Å². The van der Waals surface area contributed by atoms with E-state index in [0.717, 1.165) is 24.3 Å². The van der Waals surface area contributed by atoms with Gasteiger partial charge in [0.25, 0.3) is 0 Å². The van der Waals surface area contributed by atoms with Gasteiger partial charge in [0, 0.05) is 11.7 Å². The average Bonchev–Trinajstić information content (AvgIpc) is 2.34. The third-order valence-electron chi connectivity index (χ3n) is 2.70. The number of rotatable bonds is 4. The third-order valence-corrected chi connectivity index (χ3v) is 2.70. The molecular weight excluding hydrogens is 216 g/mol. The molecule has 4 nitrogen and oxygen atoms in total. The van der Waals surface area contributed by atoms with Crippen LogP contribution in [0.25, 0.3) is 0 Å². The summed E-state index contributed by atoms with van der Waals surface area (Å²) in [5.74, 6) is 0.821. The van der Waals surface area contributed by atoms with Crippen molar-refractivity contribution in [1.29, 1.82) is 0 Å². The van der Waals surface area contributed by atoms with E-state index in [-0.39, 0.29) is 18.9 Å². The molecule has 17 heavy (non-hydrogen) atoms. The van der Waals surface area contributed by atoms with Gasteiger partial charge in [0.05, 0.1) is 6.10 Å². The van der Waals surface area contributed by atoms with Crippen molar-refractivity contribution in [2.75, 3.05) is 6.79 Å². The molecule has 2 atom stereocenters. The summed E-state index contributed by atoms with van der Waals surface area (Å²) in [6, 6.07) is 0.109. The van der Waals surface area contributed by atoms with Gasteiger partial charge in [0.2, 0.25) is 0 Å². The highest BCUT2D eigenvalue weighted by Crippen LogP contribution is 2.13. The Morgan fingerprint density at radius 3 is 2.71 bits per heavy atom. The number of hydrogen-bond donors (Lipinski definition) is 2. The maximum atomic E-state index is 5.71. The fraction of sp³-hybridized carbons (Fsp3) is 0.385. The zero-order chi connectivity index (χ0) is 12.1. The fourth-order valence-electron chi connectivity index (χ4n) is 1.65. The summed E-state index contributed by atoms with van der Waals surface area (Å²) < 4.78 is 11.0. The van der Waals surface area contributed by atoms with Gasteiger partial charge in [-0.15, -0.1) is 0 Å². The Morgan fingerprint density at radius 2 is 2.06 bits per heavy atom. The second-order valence-corrected chi connectivity index (χ2v) is 4.13. The van der Waals surface area contributed by atoms with E-state index >= 15 is 0 Å². The van der Waals surface area contributed by atoms with Crippen LogP contribution < -0.4 is 11.5 Å². The first-order chi connectivity index (χ1) is 8.24. The zero-order valence-electron chi connectivity index (χ0n) is 9.71. The molecular formula is C13H18N2O2. The van der Waals surface area contributed by atoms with Gasteiger partial charge in [-0.05, 0) is 31.1 Å². The van der Waals surface area contributed by atoms with Gasteiger partial charge in [-0.2, -0.15) is 0 Å². The van der Waals surface area contributed by atoms with E-state index in [1.54, 1.807) is 0 Å². The van der Waals surface area contributed by atoms with Gasteiger partial charge in [-0.25, -0.2) is 0 Å². The Bertz CT molecular complexity index is 383. The molecule has 0 aromatic rings. The second-order valence-electron chi connectivity index (χ2n) is 4.13. The molecule has 0 saturated heterocycles. The molecule has 2 aliphatic rings. The molecule has 4 heteroatoms. The maximum absolute atomic E-state index is 5.71. The van der Waals surface area contributed by atoms with Crippen molar-refractivity contribution in [3.8, 4) is 0 Å². The van der Waals surface area contributed by atoms with Gasteiger partial charge in [0.1, 0.15) is 5.76 Å². The van der Waals surface area contributed by atoms with Crippen LogP contribution in [-0.2, 0) is 9.47 Å². The van der Waals surface area contributed by atoms with Crippen molar-refractivity contribution in [3.63, 3.8) is 0 Å². The average molecular weight is 234 g/mol. The van der Waals surface area contributed by atoms with E-state index in [9.17, 15) is 0 Å². The van der Waals surface area contributed by atoms with Crippen LogP contribution in [0, 0.1) is 0 Å². The van der Waals surface area contributed by atoms with Crippen molar-refractivity contribution >= 4 is 0 Å². The first-order valence-electron chi connectivity index (χ1n) is 5.76. The van der Waals surface area contributed by atoms with Crippen molar-refractivity contribution in [2.45, 2.75) is 25.0 Å². The van der Waals surface area contributed by atoms with Gasteiger partial charge < -0.3 is 20.9 Å². The van der Waals surface area contributed by atoms with Crippen LogP contribution in [-0.4, -0.2) is 18.9 Å². The lowest BCUT2D eigenvalue weighted by Gasteiger charge is -2.17. The molecule has 4 N–H and O–H groups in total. The molecule has 0 aliphatic heterocycles. The molecule has 0 saturated carbocycles. The van der Waals surface area contributed by atoms with Crippen LogP contribution in [0.15, 0.2) is 47.9 Å². The second kappa shape index (κ2) is 5.70. The molecule has 0 radical (unpaired) electrons. The maximum Gasteiger partial charge on any atom is 0.189 e. The lowest BCUT2D eigenvalue weighted by atomic mass is 10.1. The van der Waals surface area contributed by atoms with Crippen LogP contribution >= 0.6 is 0 Å². The van der Waals surface area contributed by atoms with E-state index in [0.29, 0.717) is 0 Å². The summed E-state index contributed by atoms with van der Waals surface area (Å²) in [4.78, 5) is 0. The first kappa shape index (κ1) is 12.0. The van der Waals surface area contributed by atoms with E-state index in [1.165, 1.54) is 0 Å². The topological polar surface area (TPSA) is 70.5 Å². The molecule has 0 amide bonds. The quantitative estimate of drug-likeness (QED) is 0.720. The fourth-order valence-corrected chi connectivity index (χ4v) is 1.65. The molecule has 0 heterocycles. The summed E-state index contributed by atoms with van der Waals surface area (Å²) in [5.41, 5.74) is 12.1. The number of allylic oxidation sites excluding steroid dienone is 2. The highest BCUT2D eigenvalue weighted by Gasteiger charge is 2.09. The standard InChI is InChI=1S/C13H18N2O2/c14-10-1-5-12(6-2-10)16-9-17-13-7-3-11(15)4-8-13/h1-3,5,7-8,11-12H,4,6,9,14-15H2. The molecule has 0 aromatic carbocycles. The Labute approximate surface area is 101 Å². The van der Waals surface area contributed by atoms with Crippen LogP contribution in [0.3, 0.4) is 0 Å². The predicted octanol–water partition coefficient (Wildman–Crippen LogP) is 1.32. The van der Waals surface area contributed by atoms with Crippen LogP contribution in [0.4, 0.5) is 0 Å². The summed E-state index contributed by atoms with van der Waals surface area (Å²) >= 11 is 0. The lowest BCUT2D eigenvalue weighted by molar-refractivity contribution is -0.0453. The number of hydrogen-bond acceptors (Lipinski definition) is 4. The normalized spacial score (nSPS) is 27.6. The van der Waals surface area contributed by atoms with Gasteiger partial charge in [0.15, 0.2) is 6.79 Å². The predicted molar refractivity (Wildman–Crippen MR) is 66.7 cm³/mol. The summed E-state index contributed by atoms with van der Waals surface area (Å²) in [6.07, 6.45) is 13.2. The minimum absolute atomic E-state index is 0.0535. The SMILES string of the molecule is NC1=CCC(OCOC2=CCC(N)C=C2)C=C1.